The van der Waals surface area contributed by atoms with E-state index in [9.17, 15) is 21.6 Å². The first-order chi connectivity index (χ1) is 14.0. The van der Waals surface area contributed by atoms with Crippen LogP contribution >= 0.6 is 0 Å². The summed E-state index contributed by atoms with van der Waals surface area (Å²) in [6.07, 6.45) is -4.84. The number of hydrogen-bond donors (Lipinski definition) is 1. The number of sulfonamides is 1. The van der Waals surface area contributed by atoms with Crippen molar-refractivity contribution in [3.05, 3.63) is 77.1 Å². The quantitative estimate of drug-likeness (QED) is 0.606. The van der Waals surface area contributed by atoms with Crippen molar-refractivity contribution in [2.24, 2.45) is 0 Å². The number of rotatable bonds is 7. The molecular weight excluding hydrogens is 419 g/mol. The van der Waals surface area contributed by atoms with Crippen LogP contribution in [0.1, 0.15) is 22.5 Å². The summed E-state index contributed by atoms with van der Waals surface area (Å²) >= 11 is 0. The minimum atomic E-state index is -4.84. The molecule has 0 atom stereocenters. The van der Waals surface area contributed by atoms with Gasteiger partial charge in [-0.2, -0.15) is 5.10 Å². The Morgan fingerprint density at radius 1 is 1.03 bits per heavy atom. The summed E-state index contributed by atoms with van der Waals surface area (Å²) in [7, 11) is -3.93. The number of ether oxygens (including phenoxy) is 1. The van der Waals surface area contributed by atoms with Crippen LogP contribution in [0.2, 0.25) is 0 Å². The maximum absolute atomic E-state index is 12.5. The van der Waals surface area contributed by atoms with E-state index in [0.29, 0.717) is 12.2 Å². The number of halogens is 3. The Kier molecular flexibility index (Phi) is 6.18. The molecule has 30 heavy (non-hydrogen) atoms. The van der Waals surface area contributed by atoms with Gasteiger partial charge in [-0.25, -0.2) is 13.1 Å². The summed E-state index contributed by atoms with van der Waals surface area (Å²) in [5.74, 6) is -0.490. The van der Waals surface area contributed by atoms with Crippen molar-refractivity contribution in [3.63, 3.8) is 0 Å². The van der Waals surface area contributed by atoms with E-state index < -0.39 is 22.1 Å². The Morgan fingerprint density at radius 3 is 2.27 bits per heavy atom. The van der Waals surface area contributed by atoms with E-state index in [-0.39, 0.29) is 11.4 Å². The van der Waals surface area contributed by atoms with Gasteiger partial charge in [-0.3, -0.25) is 4.68 Å². The molecule has 0 fully saturated rings. The van der Waals surface area contributed by atoms with Crippen LogP contribution < -0.4 is 9.46 Å². The average Bonchev–Trinajstić information content (AvgIpc) is 2.93. The Balaban J connectivity index is 1.71. The average molecular weight is 439 g/mol. The van der Waals surface area contributed by atoms with Crippen LogP contribution in [-0.2, 0) is 23.1 Å². The van der Waals surface area contributed by atoms with E-state index >= 15 is 0 Å². The zero-order chi connectivity index (χ0) is 21.9. The molecule has 160 valence electrons. The number of benzene rings is 2. The maximum Gasteiger partial charge on any atom is 0.573 e. The third kappa shape index (κ3) is 5.39. The first-order valence-corrected chi connectivity index (χ1v) is 10.5. The normalized spacial score (nSPS) is 12.2. The third-order valence-electron chi connectivity index (χ3n) is 4.51. The first-order valence-electron chi connectivity index (χ1n) is 8.97. The van der Waals surface area contributed by atoms with Crippen molar-refractivity contribution in [1.82, 2.24) is 14.5 Å². The van der Waals surface area contributed by atoms with Gasteiger partial charge in [0.25, 0.3) is 0 Å². The molecule has 0 spiro atoms. The molecular formula is C20H20F3N3O3S. The van der Waals surface area contributed by atoms with E-state index in [1.165, 1.54) is 0 Å². The van der Waals surface area contributed by atoms with Gasteiger partial charge in [-0.1, -0.05) is 30.3 Å². The van der Waals surface area contributed by atoms with Gasteiger partial charge in [0, 0.05) is 17.8 Å². The minimum absolute atomic E-state index is 0.00952. The van der Waals surface area contributed by atoms with Crippen molar-refractivity contribution in [2.45, 2.75) is 38.2 Å². The Morgan fingerprint density at radius 2 is 1.67 bits per heavy atom. The molecule has 10 heteroatoms. The standard InChI is InChI=1S/C20H20F3N3O3S/c1-14-19(15(2)26(25-14)13-16-6-4-3-5-7-16)12-24-30(27,28)18-10-8-17(9-11-18)29-20(21,22)23/h3-11,24H,12-13H2,1-2H3. The zero-order valence-corrected chi connectivity index (χ0v) is 17.1. The summed E-state index contributed by atoms with van der Waals surface area (Å²) in [6, 6.07) is 13.8. The van der Waals surface area contributed by atoms with Crippen molar-refractivity contribution in [1.29, 1.82) is 0 Å². The van der Waals surface area contributed by atoms with Crippen molar-refractivity contribution in [3.8, 4) is 5.75 Å². The summed E-state index contributed by atoms with van der Waals surface area (Å²) in [6.45, 7) is 4.22. The molecule has 0 radical (unpaired) electrons. The fourth-order valence-electron chi connectivity index (χ4n) is 2.97. The van der Waals surface area contributed by atoms with E-state index in [2.05, 4.69) is 14.6 Å². The van der Waals surface area contributed by atoms with Gasteiger partial charge < -0.3 is 4.74 Å². The van der Waals surface area contributed by atoms with Gasteiger partial charge in [0.05, 0.1) is 17.1 Å². The SMILES string of the molecule is Cc1nn(Cc2ccccc2)c(C)c1CNS(=O)(=O)c1ccc(OC(F)(F)F)cc1. The Bertz CT molecular complexity index is 1110. The molecule has 0 aliphatic carbocycles. The van der Waals surface area contributed by atoms with E-state index in [0.717, 1.165) is 41.1 Å². The van der Waals surface area contributed by atoms with Crippen LogP contribution in [0.15, 0.2) is 59.5 Å². The molecule has 1 N–H and O–H groups in total. The highest BCUT2D eigenvalue weighted by molar-refractivity contribution is 7.89. The first kappa shape index (κ1) is 21.8. The lowest BCUT2D eigenvalue weighted by molar-refractivity contribution is -0.274. The summed E-state index contributed by atoms with van der Waals surface area (Å²) in [4.78, 5) is -0.163. The van der Waals surface area contributed by atoms with Crippen molar-refractivity contribution >= 4 is 10.0 Å². The van der Waals surface area contributed by atoms with E-state index in [4.69, 9.17) is 0 Å². The molecule has 0 saturated carbocycles. The lowest BCUT2D eigenvalue weighted by Gasteiger charge is -2.10. The molecule has 2 aromatic carbocycles. The molecule has 0 unspecified atom stereocenters. The predicted octanol–water partition coefficient (Wildman–Crippen LogP) is 3.93. The maximum atomic E-state index is 12.5. The minimum Gasteiger partial charge on any atom is -0.406 e. The van der Waals surface area contributed by atoms with Crippen LogP contribution in [0.4, 0.5) is 13.2 Å². The highest BCUT2D eigenvalue weighted by atomic mass is 32.2. The van der Waals surface area contributed by atoms with Crippen LogP contribution in [0.3, 0.4) is 0 Å². The molecule has 0 aliphatic rings. The summed E-state index contributed by atoms with van der Waals surface area (Å²) in [5, 5.41) is 4.48. The fourth-order valence-corrected chi connectivity index (χ4v) is 3.97. The van der Waals surface area contributed by atoms with Gasteiger partial charge in [0.2, 0.25) is 10.0 Å². The number of nitrogens with one attached hydrogen (secondary N) is 1. The van der Waals surface area contributed by atoms with Crippen LogP contribution in [0.5, 0.6) is 5.75 Å². The molecule has 3 rings (SSSR count). The van der Waals surface area contributed by atoms with Crippen LogP contribution in [0, 0.1) is 13.8 Å². The van der Waals surface area contributed by atoms with Gasteiger partial charge >= 0.3 is 6.36 Å². The Labute approximate surface area is 172 Å². The number of aryl methyl sites for hydroxylation is 1. The smallest absolute Gasteiger partial charge is 0.406 e. The van der Waals surface area contributed by atoms with Crippen LogP contribution in [-0.4, -0.2) is 24.6 Å². The molecule has 1 aromatic heterocycles. The second kappa shape index (κ2) is 8.49. The topological polar surface area (TPSA) is 73.2 Å². The highest BCUT2D eigenvalue weighted by Gasteiger charge is 2.31. The van der Waals surface area contributed by atoms with Gasteiger partial charge in [-0.15, -0.1) is 13.2 Å². The highest BCUT2D eigenvalue weighted by Crippen LogP contribution is 2.24. The van der Waals surface area contributed by atoms with Gasteiger partial charge in [0.1, 0.15) is 5.75 Å². The second-order valence-electron chi connectivity index (χ2n) is 6.64. The van der Waals surface area contributed by atoms with Gasteiger partial charge in [-0.05, 0) is 43.7 Å². The lowest BCUT2D eigenvalue weighted by atomic mass is 10.2. The predicted molar refractivity (Wildman–Crippen MR) is 104 cm³/mol. The Hall–Kier alpha value is -2.85. The molecule has 3 aromatic rings. The summed E-state index contributed by atoms with van der Waals surface area (Å²) < 4.78 is 69.8. The number of hydrogen-bond acceptors (Lipinski definition) is 4. The number of nitrogens with zero attached hydrogens (tertiary/aromatic N) is 2. The molecule has 0 amide bonds. The number of aromatic nitrogens is 2. The molecule has 6 nitrogen and oxygen atoms in total. The lowest BCUT2D eigenvalue weighted by Crippen LogP contribution is -2.24. The molecule has 1 heterocycles. The van der Waals surface area contributed by atoms with Crippen molar-refractivity contribution < 1.29 is 26.3 Å². The molecule has 0 bridgehead atoms. The number of alkyl halides is 3. The summed E-state index contributed by atoms with van der Waals surface area (Å²) in [5.41, 5.74) is 3.33. The largest absolute Gasteiger partial charge is 0.573 e. The van der Waals surface area contributed by atoms with E-state index in [1.807, 2.05) is 37.3 Å². The van der Waals surface area contributed by atoms with Gasteiger partial charge in [0.15, 0.2) is 0 Å². The monoisotopic (exact) mass is 439 g/mol. The molecule has 0 aliphatic heterocycles. The second-order valence-corrected chi connectivity index (χ2v) is 8.40. The third-order valence-corrected chi connectivity index (χ3v) is 5.93. The van der Waals surface area contributed by atoms with Crippen molar-refractivity contribution in [2.75, 3.05) is 0 Å². The zero-order valence-electron chi connectivity index (χ0n) is 16.3. The fraction of sp³-hybridized carbons (Fsp3) is 0.250. The van der Waals surface area contributed by atoms with E-state index in [1.54, 1.807) is 11.6 Å². The van der Waals surface area contributed by atoms with Crippen LogP contribution in [0.25, 0.3) is 0 Å². The molecule has 0 saturated heterocycles.